The van der Waals surface area contributed by atoms with Crippen LogP contribution in [0.3, 0.4) is 0 Å². The quantitative estimate of drug-likeness (QED) is 0.496. The second-order valence-electron chi connectivity index (χ2n) is 1.74. The van der Waals surface area contributed by atoms with E-state index < -0.39 is 6.10 Å². The largest absolute Gasteiger partial charge is 0.394 e. The van der Waals surface area contributed by atoms with Gasteiger partial charge in [-0.1, -0.05) is 6.08 Å². The molecule has 3 nitrogen and oxygen atoms in total. The van der Waals surface area contributed by atoms with Gasteiger partial charge in [0.15, 0.2) is 0 Å². The molecule has 0 aliphatic heterocycles. The summed E-state index contributed by atoms with van der Waals surface area (Å²) in [7, 11) is 0. The van der Waals surface area contributed by atoms with Gasteiger partial charge < -0.3 is 15.3 Å². The summed E-state index contributed by atoms with van der Waals surface area (Å²) in [5, 5.41) is 25.6. The third-order valence-corrected chi connectivity index (χ3v) is 0.891. The highest BCUT2D eigenvalue weighted by molar-refractivity contribution is 4.96. The number of aliphatic hydroxyl groups excluding tert-OH is 3. The van der Waals surface area contributed by atoms with Gasteiger partial charge in [0.2, 0.25) is 0 Å². The first-order valence-corrected chi connectivity index (χ1v) is 2.67. The zero-order valence-electron chi connectivity index (χ0n) is 5.12. The summed E-state index contributed by atoms with van der Waals surface area (Å²) >= 11 is 0. The van der Waals surface area contributed by atoms with E-state index in [2.05, 4.69) is 6.58 Å². The van der Waals surface area contributed by atoms with E-state index in [1.165, 1.54) is 6.08 Å². The molecule has 0 rings (SSSR count). The van der Waals surface area contributed by atoms with E-state index in [1.807, 2.05) is 0 Å². The van der Waals surface area contributed by atoms with Crippen molar-refractivity contribution in [2.45, 2.75) is 12.5 Å². The fourth-order valence-electron chi connectivity index (χ4n) is 0.389. The molecule has 0 saturated carbocycles. The van der Waals surface area contributed by atoms with Gasteiger partial charge in [-0.2, -0.15) is 0 Å². The van der Waals surface area contributed by atoms with Crippen LogP contribution in [0.2, 0.25) is 0 Å². The Morgan fingerprint density at radius 2 is 2.22 bits per heavy atom. The van der Waals surface area contributed by atoms with E-state index in [9.17, 15) is 0 Å². The topological polar surface area (TPSA) is 60.7 Å². The van der Waals surface area contributed by atoms with Gasteiger partial charge in [-0.25, -0.2) is 0 Å². The Hall–Kier alpha value is -0.380. The predicted molar refractivity (Wildman–Crippen MR) is 33.1 cm³/mol. The van der Waals surface area contributed by atoms with E-state index in [-0.39, 0.29) is 19.1 Å². The molecule has 3 heteroatoms. The average molecular weight is 131 g/mol. The number of rotatable bonds is 4. The zero-order chi connectivity index (χ0) is 7.28. The highest BCUT2D eigenvalue weighted by Crippen LogP contribution is 2.04. The summed E-state index contributed by atoms with van der Waals surface area (Å²) in [5.41, 5.74) is 0. The van der Waals surface area contributed by atoms with Crippen molar-refractivity contribution in [3.05, 3.63) is 18.8 Å². The number of hydrogen-bond donors (Lipinski definition) is 3. The first kappa shape index (κ1) is 8.62. The van der Waals surface area contributed by atoms with Crippen molar-refractivity contribution in [1.29, 1.82) is 0 Å². The molecular weight excluding hydrogens is 120 g/mol. The Morgan fingerprint density at radius 1 is 1.67 bits per heavy atom. The Kier molecular flexibility index (Phi) is 4.30. The van der Waals surface area contributed by atoms with Crippen LogP contribution in [0.25, 0.3) is 0 Å². The van der Waals surface area contributed by atoms with Crippen LogP contribution < -0.4 is 0 Å². The Labute approximate surface area is 54.3 Å². The molecule has 0 amide bonds. The third-order valence-electron chi connectivity index (χ3n) is 0.891. The Balaban J connectivity index is 3.33. The minimum absolute atomic E-state index is 0.00319. The first-order valence-electron chi connectivity index (χ1n) is 2.67. The van der Waals surface area contributed by atoms with Crippen molar-refractivity contribution in [2.75, 3.05) is 6.61 Å². The van der Waals surface area contributed by atoms with Gasteiger partial charge in [0.1, 0.15) is 6.10 Å². The van der Waals surface area contributed by atoms with Gasteiger partial charge in [-0.15, -0.1) is 6.58 Å². The van der Waals surface area contributed by atoms with E-state index in [4.69, 9.17) is 15.3 Å². The molecule has 0 fully saturated rings. The maximum Gasteiger partial charge on any atom is 0.117 e. The second-order valence-corrected chi connectivity index (χ2v) is 1.74. The summed E-state index contributed by atoms with van der Waals surface area (Å²) in [6.45, 7) is 2.93. The van der Waals surface area contributed by atoms with Gasteiger partial charge >= 0.3 is 0 Å². The molecule has 0 bridgehead atoms. The normalized spacial score (nSPS) is 13.8. The molecule has 0 aromatic heterocycles. The predicted octanol–water partition coefficient (Wildman–Crippen LogP) is -0.180. The van der Waals surface area contributed by atoms with Crippen LogP contribution in [0.5, 0.6) is 0 Å². The van der Waals surface area contributed by atoms with Crippen molar-refractivity contribution in [2.24, 2.45) is 0 Å². The van der Waals surface area contributed by atoms with E-state index in [0.29, 0.717) is 0 Å². The summed E-state index contributed by atoms with van der Waals surface area (Å²) in [6, 6.07) is 0. The third kappa shape index (κ3) is 4.14. The van der Waals surface area contributed by atoms with Crippen molar-refractivity contribution >= 4 is 0 Å². The maximum atomic E-state index is 8.69. The second kappa shape index (κ2) is 4.49. The highest BCUT2D eigenvalue weighted by Gasteiger charge is 2.07. The lowest BCUT2D eigenvalue weighted by Crippen LogP contribution is -2.14. The van der Waals surface area contributed by atoms with Crippen molar-refractivity contribution in [3.8, 4) is 0 Å². The summed E-state index contributed by atoms with van der Waals surface area (Å²) in [5.74, 6) is 0. The van der Waals surface area contributed by atoms with Crippen LogP contribution in [-0.4, -0.2) is 28.0 Å². The molecule has 3 N–H and O–H groups in total. The molecule has 0 aliphatic rings. The van der Waals surface area contributed by atoms with Gasteiger partial charge in [-0.3, -0.25) is 0 Å². The standard InChI is InChI=1S/C6H11O3/c1-2-5(8)3-6(9)4-7/h2,6-9H,1,3-4H2. The van der Waals surface area contributed by atoms with Crippen LogP contribution in [0.1, 0.15) is 6.42 Å². The van der Waals surface area contributed by atoms with E-state index in [0.717, 1.165) is 0 Å². The molecule has 1 unspecified atom stereocenters. The van der Waals surface area contributed by atoms with Crippen LogP contribution in [0.15, 0.2) is 12.7 Å². The Morgan fingerprint density at radius 3 is 2.56 bits per heavy atom. The maximum absolute atomic E-state index is 8.69. The molecule has 0 aromatic rings. The Bertz CT molecular complexity index is 82.4. The SMILES string of the molecule is C=C[C](O)CC(O)CO. The molecule has 0 saturated heterocycles. The monoisotopic (exact) mass is 131 g/mol. The van der Waals surface area contributed by atoms with E-state index >= 15 is 0 Å². The van der Waals surface area contributed by atoms with Crippen LogP contribution in [-0.2, 0) is 0 Å². The van der Waals surface area contributed by atoms with E-state index in [1.54, 1.807) is 0 Å². The molecule has 9 heavy (non-hydrogen) atoms. The molecule has 1 radical (unpaired) electrons. The van der Waals surface area contributed by atoms with Gasteiger partial charge in [-0.05, 0) is 0 Å². The van der Waals surface area contributed by atoms with Crippen LogP contribution >= 0.6 is 0 Å². The molecule has 0 spiro atoms. The number of hydrogen-bond acceptors (Lipinski definition) is 3. The zero-order valence-corrected chi connectivity index (χ0v) is 5.12. The molecule has 53 valence electrons. The minimum Gasteiger partial charge on any atom is -0.394 e. The highest BCUT2D eigenvalue weighted by atomic mass is 16.3. The fraction of sp³-hybridized carbons (Fsp3) is 0.500. The lowest BCUT2D eigenvalue weighted by atomic mass is 10.2. The summed E-state index contributed by atoms with van der Waals surface area (Å²) in [6.07, 6.45) is 0.429. The van der Waals surface area contributed by atoms with Gasteiger partial charge in [0, 0.05) is 6.42 Å². The lowest BCUT2D eigenvalue weighted by Gasteiger charge is -2.07. The van der Waals surface area contributed by atoms with Crippen LogP contribution in [0, 0.1) is 6.10 Å². The van der Waals surface area contributed by atoms with Gasteiger partial charge in [0.05, 0.1) is 12.7 Å². The smallest absolute Gasteiger partial charge is 0.117 e. The summed E-state index contributed by atoms with van der Waals surface area (Å²) in [4.78, 5) is 0. The lowest BCUT2D eigenvalue weighted by molar-refractivity contribution is 0.0780. The average Bonchev–Trinajstić information content (AvgIpc) is 1.87. The van der Waals surface area contributed by atoms with Crippen molar-refractivity contribution < 1.29 is 15.3 Å². The fourth-order valence-corrected chi connectivity index (χ4v) is 0.389. The molecular formula is C6H11O3. The molecule has 1 atom stereocenters. The van der Waals surface area contributed by atoms with Crippen LogP contribution in [0.4, 0.5) is 0 Å². The molecule has 0 aromatic carbocycles. The molecule has 0 aliphatic carbocycles. The van der Waals surface area contributed by atoms with Crippen molar-refractivity contribution in [1.82, 2.24) is 0 Å². The molecule has 0 heterocycles. The van der Waals surface area contributed by atoms with Crippen molar-refractivity contribution in [3.63, 3.8) is 0 Å². The summed E-state index contributed by atoms with van der Waals surface area (Å²) < 4.78 is 0. The number of aliphatic hydroxyl groups is 3. The first-order chi connectivity index (χ1) is 4.20. The van der Waals surface area contributed by atoms with Gasteiger partial charge in [0.25, 0.3) is 0 Å². The minimum atomic E-state index is -0.872.